The van der Waals surface area contributed by atoms with Crippen LogP contribution in [0.15, 0.2) is 0 Å². The first-order chi connectivity index (χ1) is 7.35. The van der Waals surface area contributed by atoms with Crippen LogP contribution in [0.4, 0.5) is 0 Å². The van der Waals surface area contributed by atoms with E-state index in [1.54, 1.807) is 13.8 Å². The molecule has 0 spiro atoms. The molecule has 1 unspecified atom stereocenters. The normalized spacial score (nSPS) is 15.2. The fourth-order valence-electron chi connectivity index (χ4n) is 1.59. The fraction of sp³-hybridized carbons (Fsp3) is 0.917. The first-order valence-corrected chi connectivity index (χ1v) is 6.05. The monoisotopic (exact) mass is 230 g/mol. The number of carbonyl (C=O) groups is 1. The van der Waals surface area contributed by atoms with Gasteiger partial charge < -0.3 is 10.5 Å². The highest BCUT2D eigenvalue weighted by Gasteiger charge is 2.32. The van der Waals surface area contributed by atoms with Gasteiger partial charge in [0.15, 0.2) is 0 Å². The Bertz CT molecular complexity index is 215. The molecule has 0 rings (SSSR count). The number of hydrogen-bond donors (Lipinski definition) is 1. The lowest BCUT2D eigenvalue weighted by Crippen LogP contribution is -2.56. The average Bonchev–Trinajstić information content (AvgIpc) is 2.17. The Labute approximate surface area is 99.1 Å². The fourth-order valence-corrected chi connectivity index (χ4v) is 1.59. The summed E-state index contributed by atoms with van der Waals surface area (Å²) in [6.45, 7) is 11.7. The van der Waals surface area contributed by atoms with Gasteiger partial charge >= 0.3 is 5.97 Å². The molecule has 0 saturated carbocycles. The van der Waals surface area contributed by atoms with Gasteiger partial charge in [0, 0.05) is 12.6 Å². The lowest BCUT2D eigenvalue weighted by atomic mass is 10.0. The molecule has 0 radical (unpaired) electrons. The molecule has 96 valence electrons. The zero-order valence-corrected chi connectivity index (χ0v) is 11.2. The molecule has 0 bridgehead atoms. The molecule has 2 N–H and O–H groups in total. The lowest BCUT2D eigenvalue weighted by molar-refractivity contribution is -0.149. The van der Waals surface area contributed by atoms with Crippen LogP contribution < -0.4 is 5.73 Å². The zero-order valence-electron chi connectivity index (χ0n) is 11.2. The standard InChI is InChI=1S/C12H26N2O2/c1-6-8-14(10(3)4)9-12(5,13)11(15)16-7-2/h10H,6-9,13H2,1-5H3. The van der Waals surface area contributed by atoms with Crippen molar-refractivity contribution >= 4 is 5.97 Å². The van der Waals surface area contributed by atoms with E-state index in [9.17, 15) is 4.79 Å². The third-order valence-corrected chi connectivity index (χ3v) is 2.51. The number of rotatable bonds is 7. The Morgan fingerprint density at radius 2 is 2.00 bits per heavy atom. The first kappa shape index (κ1) is 15.4. The van der Waals surface area contributed by atoms with Crippen molar-refractivity contribution in [1.82, 2.24) is 4.90 Å². The van der Waals surface area contributed by atoms with Gasteiger partial charge in [0.05, 0.1) is 6.61 Å². The van der Waals surface area contributed by atoms with Crippen LogP contribution >= 0.6 is 0 Å². The van der Waals surface area contributed by atoms with Crippen LogP contribution in [0.2, 0.25) is 0 Å². The summed E-state index contributed by atoms with van der Waals surface area (Å²) in [7, 11) is 0. The molecule has 0 saturated heterocycles. The van der Waals surface area contributed by atoms with Gasteiger partial charge in [0.1, 0.15) is 5.54 Å². The second-order valence-corrected chi connectivity index (χ2v) is 4.70. The minimum atomic E-state index is -0.921. The summed E-state index contributed by atoms with van der Waals surface area (Å²) in [6.07, 6.45) is 1.05. The maximum atomic E-state index is 11.7. The zero-order chi connectivity index (χ0) is 12.8. The van der Waals surface area contributed by atoms with Crippen molar-refractivity contribution in [1.29, 1.82) is 0 Å². The summed E-state index contributed by atoms with van der Waals surface area (Å²) in [6, 6.07) is 0.386. The summed E-state index contributed by atoms with van der Waals surface area (Å²) < 4.78 is 4.97. The molecule has 0 aromatic rings. The first-order valence-electron chi connectivity index (χ1n) is 6.05. The van der Waals surface area contributed by atoms with E-state index in [1.807, 2.05) is 0 Å². The predicted molar refractivity (Wildman–Crippen MR) is 66.2 cm³/mol. The highest BCUT2D eigenvalue weighted by atomic mass is 16.5. The molecule has 0 amide bonds. The van der Waals surface area contributed by atoms with Gasteiger partial charge in [0.2, 0.25) is 0 Å². The molecule has 0 aliphatic carbocycles. The Kier molecular flexibility index (Phi) is 6.60. The Balaban J connectivity index is 4.45. The van der Waals surface area contributed by atoms with E-state index >= 15 is 0 Å². The van der Waals surface area contributed by atoms with E-state index in [0.717, 1.165) is 13.0 Å². The molecule has 0 heterocycles. The predicted octanol–water partition coefficient (Wildman–Crippen LogP) is 1.39. The summed E-state index contributed by atoms with van der Waals surface area (Å²) >= 11 is 0. The number of carbonyl (C=O) groups excluding carboxylic acids is 1. The van der Waals surface area contributed by atoms with Crippen LogP contribution in [0.1, 0.15) is 41.0 Å². The van der Waals surface area contributed by atoms with Crippen LogP contribution in [0, 0.1) is 0 Å². The third kappa shape index (κ3) is 4.94. The van der Waals surface area contributed by atoms with Crippen LogP contribution in [-0.2, 0) is 9.53 Å². The highest BCUT2D eigenvalue weighted by molar-refractivity contribution is 5.80. The van der Waals surface area contributed by atoms with E-state index in [2.05, 4.69) is 25.7 Å². The molecular weight excluding hydrogens is 204 g/mol. The maximum absolute atomic E-state index is 11.7. The van der Waals surface area contributed by atoms with E-state index in [4.69, 9.17) is 10.5 Å². The second-order valence-electron chi connectivity index (χ2n) is 4.70. The number of nitrogens with zero attached hydrogens (tertiary/aromatic N) is 1. The van der Waals surface area contributed by atoms with Crippen LogP contribution in [0.3, 0.4) is 0 Å². The summed E-state index contributed by atoms with van der Waals surface area (Å²) in [5, 5.41) is 0. The Morgan fingerprint density at radius 1 is 1.44 bits per heavy atom. The van der Waals surface area contributed by atoms with Crippen molar-refractivity contribution in [3.05, 3.63) is 0 Å². The van der Waals surface area contributed by atoms with Crippen molar-refractivity contribution in [3.8, 4) is 0 Å². The quantitative estimate of drug-likeness (QED) is 0.671. The third-order valence-electron chi connectivity index (χ3n) is 2.51. The van der Waals surface area contributed by atoms with Gasteiger partial charge in [-0.25, -0.2) is 0 Å². The van der Waals surface area contributed by atoms with E-state index in [1.165, 1.54) is 0 Å². The van der Waals surface area contributed by atoms with Gasteiger partial charge in [-0.1, -0.05) is 6.92 Å². The second kappa shape index (κ2) is 6.86. The van der Waals surface area contributed by atoms with Crippen LogP contribution in [-0.4, -0.2) is 42.1 Å². The highest BCUT2D eigenvalue weighted by Crippen LogP contribution is 2.09. The molecule has 4 heteroatoms. The summed E-state index contributed by atoms with van der Waals surface area (Å²) in [5.74, 6) is -0.322. The Morgan fingerprint density at radius 3 is 2.38 bits per heavy atom. The number of hydrogen-bond acceptors (Lipinski definition) is 4. The van der Waals surface area contributed by atoms with Gasteiger partial charge in [-0.15, -0.1) is 0 Å². The number of nitrogens with two attached hydrogens (primary N) is 1. The van der Waals surface area contributed by atoms with Crippen molar-refractivity contribution in [2.24, 2.45) is 5.73 Å². The molecule has 0 aromatic carbocycles. The van der Waals surface area contributed by atoms with E-state index < -0.39 is 5.54 Å². The summed E-state index contributed by atoms with van der Waals surface area (Å²) in [5.41, 5.74) is 5.08. The molecule has 0 aliphatic heterocycles. The molecule has 4 nitrogen and oxygen atoms in total. The smallest absolute Gasteiger partial charge is 0.327 e. The van der Waals surface area contributed by atoms with Crippen molar-refractivity contribution in [3.63, 3.8) is 0 Å². The molecule has 0 aromatic heterocycles. The number of ether oxygens (including phenoxy) is 1. The molecule has 0 aliphatic rings. The molecule has 1 atom stereocenters. The molecule has 16 heavy (non-hydrogen) atoms. The largest absolute Gasteiger partial charge is 0.465 e. The van der Waals surface area contributed by atoms with E-state index in [-0.39, 0.29) is 5.97 Å². The molecular formula is C12H26N2O2. The van der Waals surface area contributed by atoms with Gasteiger partial charge in [-0.3, -0.25) is 9.69 Å². The topological polar surface area (TPSA) is 55.6 Å². The van der Waals surface area contributed by atoms with Crippen LogP contribution in [0.25, 0.3) is 0 Å². The maximum Gasteiger partial charge on any atom is 0.327 e. The number of esters is 1. The average molecular weight is 230 g/mol. The van der Waals surface area contributed by atoms with Crippen LogP contribution in [0.5, 0.6) is 0 Å². The van der Waals surface area contributed by atoms with Crippen molar-refractivity contribution in [2.75, 3.05) is 19.7 Å². The van der Waals surface area contributed by atoms with Crippen molar-refractivity contribution in [2.45, 2.75) is 52.6 Å². The molecule has 0 fully saturated rings. The minimum absolute atomic E-state index is 0.322. The SMILES string of the molecule is CCCN(CC(C)(N)C(=O)OCC)C(C)C. The Hall–Kier alpha value is -0.610. The minimum Gasteiger partial charge on any atom is -0.465 e. The van der Waals surface area contributed by atoms with Gasteiger partial charge in [-0.05, 0) is 40.7 Å². The van der Waals surface area contributed by atoms with Gasteiger partial charge in [-0.2, -0.15) is 0 Å². The lowest BCUT2D eigenvalue weighted by Gasteiger charge is -2.33. The summed E-state index contributed by atoms with van der Waals surface area (Å²) in [4.78, 5) is 13.9. The van der Waals surface area contributed by atoms with Gasteiger partial charge in [0.25, 0.3) is 0 Å². The van der Waals surface area contributed by atoms with E-state index in [0.29, 0.717) is 19.2 Å². The van der Waals surface area contributed by atoms with Crippen molar-refractivity contribution < 1.29 is 9.53 Å².